The fourth-order valence-corrected chi connectivity index (χ4v) is 2.32. The fraction of sp³-hybridized carbons (Fsp3) is 0.647. The minimum Gasteiger partial charge on any atom is -0.375 e. The van der Waals surface area contributed by atoms with Gasteiger partial charge in [0, 0.05) is 25.8 Å². The van der Waals surface area contributed by atoms with Crippen molar-refractivity contribution >= 4 is 5.69 Å². The van der Waals surface area contributed by atoms with E-state index in [9.17, 15) is 0 Å². The predicted octanol–water partition coefficient (Wildman–Crippen LogP) is 4.33. The minimum absolute atomic E-state index is 0.627. The third kappa shape index (κ3) is 6.63. The quantitative estimate of drug-likeness (QED) is 0.636. The molecule has 1 aromatic carbocycles. The Morgan fingerprint density at radius 3 is 2.05 bits per heavy atom. The van der Waals surface area contributed by atoms with Gasteiger partial charge in [-0.15, -0.1) is 0 Å². The zero-order valence-electron chi connectivity index (χ0n) is 12.7. The van der Waals surface area contributed by atoms with Crippen molar-refractivity contribution in [2.45, 2.75) is 58.4 Å². The highest BCUT2D eigenvalue weighted by atomic mass is 15.1. The van der Waals surface area contributed by atoms with Gasteiger partial charge in [-0.3, -0.25) is 0 Å². The Morgan fingerprint density at radius 2 is 1.47 bits per heavy atom. The van der Waals surface area contributed by atoms with Gasteiger partial charge in [-0.25, -0.2) is 0 Å². The number of nitrogens with zero attached hydrogens (tertiary/aromatic N) is 1. The molecule has 0 aliphatic heterocycles. The molecule has 1 rings (SSSR count). The van der Waals surface area contributed by atoms with E-state index < -0.39 is 0 Å². The molecule has 0 aliphatic carbocycles. The molecule has 0 fully saturated rings. The van der Waals surface area contributed by atoms with Gasteiger partial charge in [0.2, 0.25) is 0 Å². The van der Waals surface area contributed by atoms with Crippen molar-refractivity contribution in [2.75, 3.05) is 18.5 Å². The van der Waals surface area contributed by atoms with Gasteiger partial charge in [0.15, 0.2) is 0 Å². The first-order valence-corrected chi connectivity index (χ1v) is 7.78. The molecule has 0 saturated carbocycles. The molecule has 0 saturated heterocycles. The third-order valence-electron chi connectivity index (χ3n) is 3.71. The fourth-order valence-electron chi connectivity index (χ4n) is 2.32. The van der Waals surface area contributed by atoms with Gasteiger partial charge in [0.05, 0.1) is 0 Å². The lowest BCUT2D eigenvalue weighted by Crippen LogP contribution is -2.18. The Balaban J connectivity index is 2.14. The molecule has 19 heavy (non-hydrogen) atoms. The molecule has 0 spiro atoms. The maximum atomic E-state index is 5.61. The monoisotopic (exact) mass is 262 g/mol. The van der Waals surface area contributed by atoms with Crippen LogP contribution in [0.3, 0.4) is 0 Å². The molecule has 2 N–H and O–H groups in total. The van der Waals surface area contributed by atoms with Crippen molar-refractivity contribution in [2.24, 2.45) is 5.73 Å². The summed E-state index contributed by atoms with van der Waals surface area (Å²) in [4.78, 5) is 2.34. The van der Waals surface area contributed by atoms with E-state index >= 15 is 0 Å². The van der Waals surface area contributed by atoms with Gasteiger partial charge in [-0.05, 0) is 24.1 Å². The van der Waals surface area contributed by atoms with E-state index in [1.165, 1.54) is 56.2 Å². The summed E-state index contributed by atoms with van der Waals surface area (Å²) in [6.45, 7) is 4.04. The van der Waals surface area contributed by atoms with Crippen LogP contribution in [0.4, 0.5) is 5.69 Å². The topological polar surface area (TPSA) is 29.3 Å². The second-order valence-electron chi connectivity index (χ2n) is 5.41. The lowest BCUT2D eigenvalue weighted by Gasteiger charge is -2.19. The summed E-state index contributed by atoms with van der Waals surface area (Å²) in [5, 5.41) is 0. The Morgan fingerprint density at radius 1 is 0.895 bits per heavy atom. The average molecular weight is 262 g/mol. The first kappa shape index (κ1) is 16.0. The van der Waals surface area contributed by atoms with Gasteiger partial charge >= 0.3 is 0 Å². The van der Waals surface area contributed by atoms with Gasteiger partial charge in [-0.2, -0.15) is 0 Å². The van der Waals surface area contributed by atoms with E-state index in [0.29, 0.717) is 6.54 Å². The SMILES string of the molecule is CCCCCCCCCN(C)c1ccc(CN)cc1. The van der Waals surface area contributed by atoms with Crippen molar-refractivity contribution in [1.29, 1.82) is 0 Å². The highest BCUT2D eigenvalue weighted by Crippen LogP contribution is 2.15. The van der Waals surface area contributed by atoms with Crippen LogP contribution in [0, 0.1) is 0 Å². The lowest BCUT2D eigenvalue weighted by atomic mass is 10.1. The van der Waals surface area contributed by atoms with Gasteiger partial charge < -0.3 is 10.6 Å². The summed E-state index contributed by atoms with van der Waals surface area (Å²) in [6, 6.07) is 8.58. The zero-order chi connectivity index (χ0) is 13.9. The summed E-state index contributed by atoms with van der Waals surface area (Å²) in [5.74, 6) is 0. The third-order valence-corrected chi connectivity index (χ3v) is 3.71. The van der Waals surface area contributed by atoms with Crippen LogP contribution in [-0.2, 0) is 6.54 Å². The van der Waals surface area contributed by atoms with Crippen LogP contribution in [-0.4, -0.2) is 13.6 Å². The Kier molecular flexibility index (Phi) is 8.31. The largest absolute Gasteiger partial charge is 0.375 e. The van der Waals surface area contributed by atoms with E-state index in [0.717, 1.165) is 6.54 Å². The molecule has 0 aliphatic rings. The maximum Gasteiger partial charge on any atom is 0.0363 e. The Bertz CT molecular complexity index is 319. The summed E-state index contributed by atoms with van der Waals surface area (Å²) in [7, 11) is 2.18. The molecule has 2 nitrogen and oxygen atoms in total. The van der Waals surface area contributed by atoms with Crippen LogP contribution in [0.2, 0.25) is 0 Å². The van der Waals surface area contributed by atoms with E-state index in [1.54, 1.807) is 0 Å². The van der Waals surface area contributed by atoms with E-state index in [-0.39, 0.29) is 0 Å². The number of rotatable bonds is 10. The van der Waals surface area contributed by atoms with Crippen molar-refractivity contribution in [1.82, 2.24) is 0 Å². The number of unbranched alkanes of at least 4 members (excludes halogenated alkanes) is 6. The predicted molar refractivity (Wildman–Crippen MR) is 85.6 cm³/mol. The number of hydrogen-bond donors (Lipinski definition) is 1. The molecule has 0 amide bonds. The summed E-state index contributed by atoms with van der Waals surface area (Å²) in [6.07, 6.45) is 9.58. The van der Waals surface area contributed by atoms with Gasteiger partial charge in [0.1, 0.15) is 0 Å². The molecule has 108 valence electrons. The molecule has 0 aromatic heterocycles. The van der Waals surface area contributed by atoms with Crippen LogP contribution in [0.15, 0.2) is 24.3 Å². The van der Waals surface area contributed by atoms with Gasteiger partial charge in [-0.1, -0.05) is 57.6 Å². The van der Waals surface area contributed by atoms with Crippen LogP contribution in [0.1, 0.15) is 57.4 Å². The molecule has 0 radical (unpaired) electrons. The van der Waals surface area contributed by atoms with Crippen molar-refractivity contribution in [3.63, 3.8) is 0 Å². The Hall–Kier alpha value is -1.02. The number of benzene rings is 1. The second kappa shape index (κ2) is 9.85. The normalized spacial score (nSPS) is 10.7. The number of hydrogen-bond acceptors (Lipinski definition) is 2. The van der Waals surface area contributed by atoms with Crippen molar-refractivity contribution in [3.8, 4) is 0 Å². The van der Waals surface area contributed by atoms with E-state index in [2.05, 4.69) is 43.1 Å². The smallest absolute Gasteiger partial charge is 0.0363 e. The van der Waals surface area contributed by atoms with Crippen molar-refractivity contribution < 1.29 is 0 Å². The van der Waals surface area contributed by atoms with Crippen LogP contribution >= 0.6 is 0 Å². The summed E-state index contributed by atoms with van der Waals surface area (Å²) in [5.41, 5.74) is 8.11. The lowest BCUT2D eigenvalue weighted by molar-refractivity contribution is 0.588. The van der Waals surface area contributed by atoms with E-state index in [1.807, 2.05) is 0 Å². The molecule has 0 unspecified atom stereocenters. The molecule has 2 heteroatoms. The number of anilines is 1. The highest BCUT2D eigenvalue weighted by Gasteiger charge is 2.00. The molecule has 1 aromatic rings. The summed E-state index contributed by atoms with van der Waals surface area (Å²) >= 11 is 0. The minimum atomic E-state index is 0.627. The van der Waals surface area contributed by atoms with Gasteiger partial charge in [0.25, 0.3) is 0 Å². The van der Waals surface area contributed by atoms with E-state index in [4.69, 9.17) is 5.73 Å². The molecular formula is C17H30N2. The standard InChI is InChI=1S/C17H30N2/c1-3-4-5-6-7-8-9-14-19(2)17-12-10-16(15-18)11-13-17/h10-13H,3-9,14-15,18H2,1-2H3. The highest BCUT2D eigenvalue weighted by molar-refractivity contribution is 5.46. The number of nitrogens with two attached hydrogens (primary N) is 1. The second-order valence-corrected chi connectivity index (χ2v) is 5.41. The van der Waals surface area contributed by atoms with Crippen LogP contribution < -0.4 is 10.6 Å². The first-order valence-electron chi connectivity index (χ1n) is 7.78. The van der Waals surface area contributed by atoms with Crippen LogP contribution in [0.5, 0.6) is 0 Å². The average Bonchev–Trinajstić information content (AvgIpc) is 2.46. The molecule has 0 atom stereocenters. The Labute approximate surface area is 119 Å². The summed E-state index contributed by atoms with van der Waals surface area (Å²) < 4.78 is 0. The molecule has 0 bridgehead atoms. The molecule has 0 heterocycles. The first-order chi connectivity index (χ1) is 9.27. The maximum absolute atomic E-state index is 5.61. The van der Waals surface area contributed by atoms with Crippen molar-refractivity contribution in [3.05, 3.63) is 29.8 Å². The zero-order valence-corrected chi connectivity index (χ0v) is 12.7. The van der Waals surface area contributed by atoms with Crippen LogP contribution in [0.25, 0.3) is 0 Å². The molecular weight excluding hydrogens is 232 g/mol.